The highest BCUT2D eigenvalue weighted by atomic mass is 35.5. The number of nitrogens with one attached hydrogen (secondary N) is 2. The lowest BCUT2D eigenvalue weighted by atomic mass is 10.00. The standard InChI is InChI=1S/C21H23Cl2N3O3/c22-15-4-8-17(9-5-15)24-20(27)26-13-2-1-3-19(26)12-14-29-21(28)25-18-10-6-16(23)7-11-18/h4-11,19H,1-3,12-14H2,(H,24,27)(H,25,28)/t19-/m1/s1. The first-order valence-corrected chi connectivity index (χ1v) is 10.3. The SMILES string of the molecule is O=C(Nc1ccc(Cl)cc1)OCC[C@H]1CCCCN1C(=O)Nc1ccc(Cl)cc1. The molecule has 0 unspecified atom stereocenters. The summed E-state index contributed by atoms with van der Waals surface area (Å²) in [5, 5.41) is 6.77. The second-order valence-electron chi connectivity index (χ2n) is 6.84. The Kier molecular flexibility index (Phi) is 7.61. The fourth-order valence-electron chi connectivity index (χ4n) is 3.27. The molecule has 0 radical (unpaired) electrons. The zero-order chi connectivity index (χ0) is 20.6. The zero-order valence-corrected chi connectivity index (χ0v) is 17.4. The monoisotopic (exact) mass is 435 g/mol. The van der Waals surface area contributed by atoms with E-state index in [1.165, 1.54) is 0 Å². The first-order valence-electron chi connectivity index (χ1n) is 9.54. The molecule has 2 aromatic carbocycles. The van der Waals surface area contributed by atoms with Gasteiger partial charge in [-0.05, 0) is 67.8 Å². The first kappa shape index (κ1) is 21.3. The van der Waals surface area contributed by atoms with Crippen molar-refractivity contribution in [3.8, 4) is 0 Å². The number of nitrogens with zero attached hydrogens (tertiary/aromatic N) is 1. The van der Waals surface area contributed by atoms with E-state index in [4.69, 9.17) is 27.9 Å². The van der Waals surface area contributed by atoms with Gasteiger partial charge in [-0.15, -0.1) is 0 Å². The number of ether oxygens (including phenoxy) is 1. The van der Waals surface area contributed by atoms with Gasteiger partial charge in [-0.3, -0.25) is 5.32 Å². The lowest BCUT2D eigenvalue weighted by molar-refractivity contribution is 0.123. The topological polar surface area (TPSA) is 70.7 Å². The van der Waals surface area contributed by atoms with Crippen molar-refractivity contribution in [2.75, 3.05) is 23.8 Å². The number of benzene rings is 2. The Hall–Kier alpha value is -2.44. The molecule has 6 nitrogen and oxygen atoms in total. The zero-order valence-electron chi connectivity index (χ0n) is 15.9. The van der Waals surface area contributed by atoms with Crippen molar-refractivity contribution in [2.45, 2.75) is 31.7 Å². The summed E-state index contributed by atoms with van der Waals surface area (Å²) in [4.78, 5) is 26.5. The smallest absolute Gasteiger partial charge is 0.411 e. The van der Waals surface area contributed by atoms with Crippen molar-refractivity contribution in [1.82, 2.24) is 4.90 Å². The quantitative estimate of drug-likeness (QED) is 0.602. The molecule has 29 heavy (non-hydrogen) atoms. The van der Waals surface area contributed by atoms with E-state index in [1.807, 2.05) is 4.90 Å². The van der Waals surface area contributed by atoms with Crippen molar-refractivity contribution in [3.63, 3.8) is 0 Å². The fourth-order valence-corrected chi connectivity index (χ4v) is 3.52. The van der Waals surface area contributed by atoms with Gasteiger partial charge in [-0.2, -0.15) is 0 Å². The van der Waals surface area contributed by atoms with Crippen LogP contribution in [0.2, 0.25) is 10.0 Å². The molecule has 0 aliphatic carbocycles. The minimum absolute atomic E-state index is 0.0272. The molecule has 1 aliphatic heterocycles. The largest absolute Gasteiger partial charge is 0.449 e. The highest BCUT2D eigenvalue weighted by Crippen LogP contribution is 2.22. The Balaban J connectivity index is 1.47. The summed E-state index contributed by atoms with van der Waals surface area (Å²) < 4.78 is 5.28. The maximum Gasteiger partial charge on any atom is 0.411 e. The van der Waals surface area contributed by atoms with Gasteiger partial charge in [0.25, 0.3) is 0 Å². The van der Waals surface area contributed by atoms with Crippen LogP contribution in [0.3, 0.4) is 0 Å². The number of carbonyl (C=O) groups excluding carboxylic acids is 2. The van der Waals surface area contributed by atoms with Gasteiger partial charge >= 0.3 is 12.1 Å². The molecule has 154 valence electrons. The van der Waals surface area contributed by atoms with Crippen LogP contribution in [-0.2, 0) is 4.74 Å². The molecule has 1 atom stereocenters. The maximum absolute atomic E-state index is 12.7. The van der Waals surface area contributed by atoms with Crippen LogP contribution in [0.25, 0.3) is 0 Å². The minimum Gasteiger partial charge on any atom is -0.449 e. The van der Waals surface area contributed by atoms with Gasteiger partial charge in [0.15, 0.2) is 0 Å². The number of hydrogen-bond acceptors (Lipinski definition) is 3. The number of rotatable bonds is 5. The van der Waals surface area contributed by atoms with Crippen LogP contribution in [0, 0.1) is 0 Å². The average molecular weight is 436 g/mol. The molecule has 8 heteroatoms. The molecule has 3 amide bonds. The van der Waals surface area contributed by atoms with Gasteiger partial charge in [0.2, 0.25) is 0 Å². The highest BCUT2D eigenvalue weighted by molar-refractivity contribution is 6.30. The number of piperidine rings is 1. The molecule has 0 spiro atoms. The van der Waals surface area contributed by atoms with Crippen LogP contribution in [0.15, 0.2) is 48.5 Å². The fraction of sp³-hybridized carbons (Fsp3) is 0.333. The number of hydrogen-bond donors (Lipinski definition) is 2. The number of anilines is 2. The van der Waals surface area contributed by atoms with Gasteiger partial charge in [0, 0.05) is 40.4 Å². The lowest BCUT2D eigenvalue weighted by Gasteiger charge is -2.35. The number of halogens is 2. The molecule has 0 saturated carbocycles. The van der Waals surface area contributed by atoms with E-state index in [-0.39, 0.29) is 18.7 Å². The van der Waals surface area contributed by atoms with Crippen LogP contribution in [0.4, 0.5) is 21.0 Å². The lowest BCUT2D eigenvalue weighted by Crippen LogP contribution is -2.46. The predicted octanol–water partition coefficient (Wildman–Crippen LogP) is 6.02. The Morgan fingerprint density at radius 3 is 2.14 bits per heavy atom. The molecular formula is C21H23Cl2N3O3. The van der Waals surface area contributed by atoms with E-state index in [0.29, 0.717) is 34.4 Å². The third kappa shape index (κ3) is 6.54. The van der Waals surface area contributed by atoms with E-state index in [2.05, 4.69) is 10.6 Å². The third-order valence-electron chi connectivity index (χ3n) is 4.76. The van der Waals surface area contributed by atoms with Gasteiger partial charge in [0.1, 0.15) is 0 Å². The van der Waals surface area contributed by atoms with Gasteiger partial charge in [-0.1, -0.05) is 23.2 Å². The van der Waals surface area contributed by atoms with Crippen LogP contribution in [0.5, 0.6) is 0 Å². The third-order valence-corrected chi connectivity index (χ3v) is 5.26. The van der Waals surface area contributed by atoms with E-state index < -0.39 is 6.09 Å². The number of urea groups is 1. The normalized spacial score (nSPS) is 16.2. The highest BCUT2D eigenvalue weighted by Gasteiger charge is 2.26. The van der Waals surface area contributed by atoms with Crippen molar-refractivity contribution in [3.05, 3.63) is 58.6 Å². The van der Waals surface area contributed by atoms with Gasteiger partial charge in [0.05, 0.1) is 6.61 Å². The van der Waals surface area contributed by atoms with E-state index in [9.17, 15) is 9.59 Å². The van der Waals surface area contributed by atoms with Crippen molar-refractivity contribution in [2.24, 2.45) is 0 Å². The summed E-state index contributed by atoms with van der Waals surface area (Å²) in [5.41, 5.74) is 1.31. The number of likely N-dealkylation sites (tertiary alicyclic amines) is 1. The van der Waals surface area contributed by atoms with Crippen LogP contribution in [-0.4, -0.2) is 36.2 Å². The molecular weight excluding hydrogens is 413 g/mol. The molecule has 2 N–H and O–H groups in total. The van der Waals surface area contributed by atoms with Crippen LogP contribution < -0.4 is 10.6 Å². The summed E-state index contributed by atoms with van der Waals surface area (Å²) >= 11 is 11.7. The molecule has 0 aromatic heterocycles. The van der Waals surface area contributed by atoms with Crippen LogP contribution in [0.1, 0.15) is 25.7 Å². The molecule has 0 bridgehead atoms. The molecule has 1 fully saturated rings. The average Bonchev–Trinajstić information content (AvgIpc) is 2.72. The van der Waals surface area contributed by atoms with Crippen molar-refractivity contribution in [1.29, 1.82) is 0 Å². The van der Waals surface area contributed by atoms with E-state index >= 15 is 0 Å². The molecule has 1 heterocycles. The van der Waals surface area contributed by atoms with Crippen molar-refractivity contribution < 1.29 is 14.3 Å². The first-order chi connectivity index (χ1) is 14.0. The summed E-state index contributed by atoms with van der Waals surface area (Å²) in [6.07, 6.45) is 2.95. The summed E-state index contributed by atoms with van der Waals surface area (Å²) in [6.45, 7) is 0.913. The summed E-state index contributed by atoms with van der Waals surface area (Å²) in [6, 6.07) is 13.7. The minimum atomic E-state index is -0.528. The second kappa shape index (κ2) is 10.4. The molecule has 3 rings (SSSR count). The Bertz CT molecular complexity index is 828. The summed E-state index contributed by atoms with van der Waals surface area (Å²) in [7, 11) is 0. The maximum atomic E-state index is 12.7. The van der Waals surface area contributed by atoms with Crippen LogP contribution >= 0.6 is 23.2 Å². The Labute approximate surface area is 180 Å². The van der Waals surface area contributed by atoms with Gasteiger partial charge in [-0.25, -0.2) is 9.59 Å². The predicted molar refractivity (Wildman–Crippen MR) is 116 cm³/mol. The van der Waals surface area contributed by atoms with Gasteiger partial charge < -0.3 is 15.0 Å². The van der Waals surface area contributed by atoms with E-state index in [1.54, 1.807) is 48.5 Å². The molecule has 1 saturated heterocycles. The summed E-state index contributed by atoms with van der Waals surface area (Å²) in [5.74, 6) is 0. The number of carbonyl (C=O) groups is 2. The molecule has 1 aliphatic rings. The second-order valence-corrected chi connectivity index (χ2v) is 7.71. The Morgan fingerprint density at radius 1 is 0.931 bits per heavy atom. The Morgan fingerprint density at radius 2 is 1.52 bits per heavy atom. The van der Waals surface area contributed by atoms with E-state index in [0.717, 1.165) is 19.3 Å². The molecule has 2 aromatic rings. The number of amides is 3. The van der Waals surface area contributed by atoms with Crippen molar-refractivity contribution >= 4 is 46.7 Å².